The molecule has 1 saturated carbocycles. The molecule has 1 aromatic rings. The van der Waals surface area contributed by atoms with Crippen molar-refractivity contribution in [2.75, 3.05) is 6.61 Å². The molecule has 2 atom stereocenters. The number of hydrogen-bond acceptors (Lipinski definition) is 3. The van der Waals surface area contributed by atoms with Gasteiger partial charge in [-0.05, 0) is 47.5 Å². The van der Waals surface area contributed by atoms with E-state index < -0.39 is 10.0 Å². The summed E-state index contributed by atoms with van der Waals surface area (Å²) in [6, 6.07) is 4.44. The van der Waals surface area contributed by atoms with E-state index in [0.717, 1.165) is 0 Å². The van der Waals surface area contributed by atoms with Crippen LogP contribution in [0.15, 0.2) is 27.6 Å². The van der Waals surface area contributed by atoms with E-state index in [4.69, 9.17) is 16.3 Å². The van der Waals surface area contributed by atoms with E-state index in [2.05, 4.69) is 20.7 Å². The third-order valence-corrected chi connectivity index (χ3v) is 6.73. The van der Waals surface area contributed by atoms with Crippen molar-refractivity contribution >= 4 is 37.6 Å². The second kappa shape index (κ2) is 6.16. The first-order chi connectivity index (χ1) is 9.68. The molecule has 0 heterocycles. The van der Waals surface area contributed by atoms with Crippen molar-refractivity contribution in [1.29, 1.82) is 0 Å². The molecule has 4 nitrogen and oxygen atoms in total. The van der Waals surface area contributed by atoms with Crippen LogP contribution in [0.1, 0.15) is 27.2 Å². The minimum atomic E-state index is -3.56. The topological polar surface area (TPSA) is 55.4 Å². The molecule has 2 unspecified atom stereocenters. The lowest BCUT2D eigenvalue weighted by Crippen LogP contribution is -2.61. The van der Waals surface area contributed by atoms with Crippen LogP contribution in [0.4, 0.5) is 0 Å². The van der Waals surface area contributed by atoms with E-state index in [1.165, 1.54) is 12.1 Å². The summed E-state index contributed by atoms with van der Waals surface area (Å²) in [5.41, 5.74) is -0.216. The highest BCUT2D eigenvalue weighted by Crippen LogP contribution is 2.43. The fourth-order valence-electron chi connectivity index (χ4n) is 2.47. The number of hydrogen-bond donors (Lipinski definition) is 1. The van der Waals surface area contributed by atoms with Crippen molar-refractivity contribution in [2.24, 2.45) is 5.41 Å². The Kier molecular flexibility index (Phi) is 5.05. The maximum Gasteiger partial charge on any atom is 0.240 e. The van der Waals surface area contributed by atoms with Gasteiger partial charge in [0.1, 0.15) is 0 Å². The molecule has 118 valence electrons. The van der Waals surface area contributed by atoms with Crippen LogP contribution in [0.2, 0.25) is 5.02 Å². The first-order valence-electron chi connectivity index (χ1n) is 6.77. The molecule has 1 aliphatic carbocycles. The summed E-state index contributed by atoms with van der Waals surface area (Å²) in [5, 5.41) is 0.481. The van der Waals surface area contributed by atoms with E-state index in [0.29, 0.717) is 22.5 Å². The Morgan fingerprint density at radius 2 is 2.14 bits per heavy atom. The number of rotatable bonds is 5. The van der Waals surface area contributed by atoms with E-state index >= 15 is 0 Å². The highest BCUT2D eigenvalue weighted by atomic mass is 79.9. The lowest BCUT2D eigenvalue weighted by Gasteiger charge is -2.51. The van der Waals surface area contributed by atoms with Gasteiger partial charge in [0.25, 0.3) is 0 Å². The van der Waals surface area contributed by atoms with E-state index in [1.54, 1.807) is 6.07 Å². The molecule has 1 fully saturated rings. The molecule has 0 aliphatic heterocycles. The zero-order valence-corrected chi connectivity index (χ0v) is 15.3. The van der Waals surface area contributed by atoms with Crippen molar-refractivity contribution in [3.05, 3.63) is 27.7 Å². The molecule has 0 aromatic heterocycles. The fourth-order valence-corrected chi connectivity index (χ4v) is 4.55. The highest BCUT2D eigenvalue weighted by Gasteiger charge is 2.50. The number of ether oxygens (including phenoxy) is 1. The van der Waals surface area contributed by atoms with Gasteiger partial charge in [0.2, 0.25) is 10.0 Å². The second-order valence-electron chi connectivity index (χ2n) is 5.75. The van der Waals surface area contributed by atoms with Gasteiger partial charge in [0.05, 0.1) is 16.0 Å². The summed E-state index contributed by atoms with van der Waals surface area (Å²) < 4.78 is 33.8. The summed E-state index contributed by atoms with van der Waals surface area (Å²) >= 11 is 9.14. The van der Waals surface area contributed by atoms with Crippen LogP contribution in [-0.2, 0) is 14.8 Å². The van der Waals surface area contributed by atoms with Crippen LogP contribution in [0.25, 0.3) is 0 Å². The summed E-state index contributed by atoms with van der Waals surface area (Å²) in [6.07, 6.45) is 0.779. The Morgan fingerprint density at radius 3 is 2.67 bits per heavy atom. The SMILES string of the molecule is CCOC1CC(NS(=O)(=O)c2ccc(Cl)c(Br)c2)C1(C)C. The molecule has 7 heteroatoms. The number of benzene rings is 1. The first kappa shape index (κ1) is 17.2. The Morgan fingerprint density at radius 1 is 1.48 bits per heavy atom. The Balaban J connectivity index is 2.14. The van der Waals surface area contributed by atoms with Crippen molar-refractivity contribution in [2.45, 2.75) is 44.2 Å². The molecule has 1 aromatic carbocycles. The van der Waals surface area contributed by atoms with Crippen LogP contribution in [0.5, 0.6) is 0 Å². The molecule has 0 saturated heterocycles. The number of halogens is 2. The number of nitrogens with one attached hydrogen (secondary N) is 1. The molecule has 0 amide bonds. The van der Waals surface area contributed by atoms with Gasteiger partial charge in [-0.2, -0.15) is 0 Å². The van der Waals surface area contributed by atoms with E-state index in [-0.39, 0.29) is 22.5 Å². The minimum Gasteiger partial charge on any atom is -0.378 e. The van der Waals surface area contributed by atoms with E-state index in [1.807, 2.05) is 20.8 Å². The van der Waals surface area contributed by atoms with Gasteiger partial charge >= 0.3 is 0 Å². The van der Waals surface area contributed by atoms with Crippen LogP contribution >= 0.6 is 27.5 Å². The Bertz CT molecular complexity index is 633. The van der Waals surface area contributed by atoms with Crippen LogP contribution in [-0.4, -0.2) is 27.2 Å². The average molecular weight is 397 g/mol. The molecule has 1 aliphatic rings. The van der Waals surface area contributed by atoms with Gasteiger partial charge in [0, 0.05) is 22.5 Å². The monoisotopic (exact) mass is 395 g/mol. The van der Waals surface area contributed by atoms with Gasteiger partial charge in [-0.1, -0.05) is 25.4 Å². The van der Waals surface area contributed by atoms with Crippen molar-refractivity contribution < 1.29 is 13.2 Å². The molecule has 0 radical (unpaired) electrons. The molecular formula is C14H19BrClNO3S. The highest BCUT2D eigenvalue weighted by molar-refractivity contribution is 9.10. The maximum atomic E-state index is 12.4. The standard InChI is InChI=1S/C14H19BrClNO3S/c1-4-20-13-8-12(14(13,2)3)17-21(18,19)9-5-6-11(16)10(15)7-9/h5-7,12-13,17H,4,8H2,1-3H3. The molecule has 1 N–H and O–H groups in total. The predicted octanol–water partition coefficient (Wildman–Crippen LogP) is 3.58. The first-order valence-corrected chi connectivity index (χ1v) is 9.43. The minimum absolute atomic E-state index is 0.0900. The second-order valence-corrected chi connectivity index (χ2v) is 8.73. The quantitative estimate of drug-likeness (QED) is 0.827. The Hall–Kier alpha value is -0.140. The van der Waals surface area contributed by atoms with Gasteiger partial charge in [0.15, 0.2) is 0 Å². The molecule has 0 spiro atoms. The van der Waals surface area contributed by atoms with Gasteiger partial charge < -0.3 is 4.74 Å². The van der Waals surface area contributed by atoms with Crippen LogP contribution in [0, 0.1) is 5.41 Å². The molecular weight excluding hydrogens is 378 g/mol. The summed E-state index contributed by atoms with van der Waals surface area (Å²) in [5.74, 6) is 0. The lowest BCUT2D eigenvalue weighted by molar-refractivity contribution is -0.108. The normalized spacial score (nSPS) is 24.6. The lowest BCUT2D eigenvalue weighted by atomic mass is 9.65. The van der Waals surface area contributed by atoms with Gasteiger partial charge in [-0.15, -0.1) is 0 Å². The third kappa shape index (κ3) is 3.45. The van der Waals surface area contributed by atoms with Crippen LogP contribution in [0.3, 0.4) is 0 Å². The van der Waals surface area contributed by atoms with Crippen molar-refractivity contribution in [3.63, 3.8) is 0 Å². The maximum absolute atomic E-state index is 12.4. The summed E-state index contributed by atoms with van der Waals surface area (Å²) in [7, 11) is -3.56. The zero-order chi connectivity index (χ0) is 15.8. The third-order valence-electron chi connectivity index (χ3n) is 4.04. The molecule has 2 rings (SSSR count). The van der Waals surface area contributed by atoms with E-state index in [9.17, 15) is 8.42 Å². The molecule has 0 bridgehead atoms. The largest absolute Gasteiger partial charge is 0.378 e. The zero-order valence-electron chi connectivity index (χ0n) is 12.2. The Labute approximate surface area is 139 Å². The fraction of sp³-hybridized carbons (Fsp3) is 0.571. The smallest absolute Gasteiger partial charge is 0.240 e. The van der Waals surface area contributed by atoms with Crippen molar-refractivity contribution in [3.8, 4) is 0 Å². The van der Waals surface area contributed by atoms with Crippen LogP contribution < -0.4 is 4.72 Å². The summed E-state index contributed by atoms with van der Waals surface area (Å²) in [6.45, 7) is 6.61. The van der Waals surface area contributed by atoms with Gasteiger partial charge in [-0.3, -0.25) is 0 Å². The number of sulfonamides is 1. The molecule has 21 heavy (non-hydrogen) atoms. The average Bonchev–Trinajstić information content (AvgIpc) is 2.40. The summed E-state index contributed by atoms with van der Waals surface area (Å²) in [4.78, 5) is 0.203. The van der Waals surface area contributed by atoms with Crippen molar-refractivity contribution in [1.82, 2.24) is 4.72 Å². The van der Waals surface area contributed by atoms with Gasteiger partial charge in [-0.25, -0.2) is 13.1 Å². The predicted molar refractivity (Wildman–Crippen MR) is 87.1 cm³/mol.